The maximum atomic E-state index is 5.14. The number of hydrogen-bond donors (Lipinski definition) is 0. The van der Waals surface area contributed by atoms with Crippen molar-refractivity contribution in [2.24, 2.45) is 0 Å². The lowest BCUT2D eigenvalue weighted by Crippen LogP contribution is -2.11. The van der Waals surface area contributed by atoms with Crippen LogP contribution >= 0.6 is 0 Å². The summed E-state index contributed by atoms with van der Waals surface area (Å²) in [5.74, 6) is 0. The predicted molar refractivity (Wildman–Crippen MR) is 342 cm³/mol. The minimum atomic E-state index is -0.0361. The average molecular weight is 1050 g/mol. The van der Waals surface area contributed by atoms with E-state index in [1.54, 1.807) is 0 Å². The topological polar surface area (TPSA) is 38.7 Å². The molecule has 3 aromatic heterocycles. The zero-order valence-electron chi connectivity index (χ0n) is 50.0. The Balaban J connectivity index is 1.38. The Kier molecular flexibility index (Phi) is 14.7. The first-order chi connectivity index (χ1) is 37.8. The highest BCUT2D eigenvalue weighted by molar-refractivity contribution is 6.15. The maximum absolute atomic E-state index is 5.14. The molecule has 402 valence electrons. The molecule has 3 nitrogen and oxygen atoms in total. The molecule has 7 aromatic carbocycles. The quantitative estimate of drug-likeness (QED) is 0.145. The second kappa shape index (κ2) is 21.2. The molecule has 3 heterocycles. The largest absolute Gasteiger partial charge is 0.255 e. The van der Waals surface area contributed by atoms with Crippen LogP contribution in [0.3, 0.4) is 0 Å². The van der Waals surface area contributed by atoms with E-state index in [0.29, 0.717) is 0 Å². The summed E-state index contributed by atoms with van der Waals surface area (Å²) in [6, 6.07) is 72.9. The molecule has 0 bridgehead atoms. The molecule has 0 saturated heterocycles. The number of aromatic nitrogens is 3. The highest BCUT2D eigenvalue weighted by Gasteiger charge is 2.31. The van der Waals surface area contributed by atoms with Crippen LogP contribution in [0, 0.1) is 0 Å². The second-order valence-corrected chi connectivity index (χ2v) is 27.0. The van der Waals surface area contributed by atoms with Crippen LogP contribution in [0.2, 0.25) is 0 Å². The van der Waals surface area contributed by atoms with Gasteiger partial charge in [-0.3, -0.25) is 9.97 Å². The molecule has 0 amide bonds. The van der Waals surface area contributed by atoms with E-state index < -0.39 is 0 Å². The van der Waals surface area contributed by atoms with Gasteiger partial charge in [0.1, 0.15) is 0 Å². The van der Waals surface area contributed by atoms with Crippen molar-refractivity contribution in [1.29, 1.82) is 0 Å². The molecule has 10 aromatic rings. The summed E-state index contributed by atoms with van der Waals surface area (Å²) in [5.41, 5.74) is 25.8. The molecule has 0 spiro atoms. The molecule has 0 atom stereocenters. The van der Waals surface area contributed by atoms with Gasteiger partial charge in [0, 0.05) is 12.4 Å². The van der Waals surface area contributed by atoms with E-state index in [2.05, 4.69) is 262 Å². The van der Waals surface area contributed by atoms with Crippen molar-refractivity contribution in [3.05, 3.63) is 234 Å². The SMILES string of the molecule is CC(C)(C)c1ccc(-c2c(-c3ccc(-c4cc(-c5ccccn5)nc(-c5ccccn5)c4)cc3)c(-c3ccc(C(C)(C)C)cc3)c(-c3ccc(C(C)(C)C)cc3)c(-c3ccc(C(C)(C)C)cc3)c2-c2ccc(C(C)(C)C)cc2)cc1. The molecule has 80 heavy (non-hydrogen) atoms. The molecule has 0 radical (unpaired) electrons. The fraction of sp³-hybridized carbons (Fsp3) is 0.260. The average Bonchev–Trinajstić information content (AvgIpc) is 3.63. The third-order valence-electron chi connectivity index (χ3n) is 15.9. The smallest absolute Gasteiger partial charge is 0.0900 e. The van der Waals surface area contributed by atoms with E-state index in [1.807, 2.05) is 48.8 Å². The summed E-state index contributed by atoms with van der Waals surface area (Å²) in [7, 11) is 0. The van der Waals surface area contributed by atoms with Crippen LogP contribution in [0.4, 0.5) is 0 Å². The summed E-state index contributed by atoms with van der Waals surface area (Å²) < 4.78 is 0. The molecule has 0 aliphatic rings. The molecule has 0 unspecified atom stereocenters. The van der Waals surface area contributed by atoms with E-state index in [-0.39, 0.29) is 27.1 Å². The molecule has 0 aliphatic heterocycles. The van der Waals surface area contributed by atoms with Crippen LogP contribution in [0.1, 0.15) is 132 Å². The van der Waals surface area contributed by atoms with Gasteiger partial charge in [-0.25, -0.2) is 4.98 Å². The lowest BCUT2D eigenvalue weighted by Gasteiger charge is -2.30. The van der Waals surface area contributed by atoms with Gasteiger partial charge in [-0.05, 0) is 169 Å². The van der Waals surface area contributed by atoms with Crippen molar-refractivity contribution in [3.8, 4) is 101 Å². The van der Waals surface area contributed by atoms with Crippen molar-refractivity contribution in [2.75, 3.05) is 0 Å². The first-order valence-corrected chi connectivity index (χ1v) is 28.6. The number of nitrogens with zero attached hydrogens (tertiary/aromatic N) is 3. The van der Waals surface area contributed by atoms with Crippen LogP contribution < -0.4 is 0 Å². The molecular weight excluding hydrogens is 967 g/mol. The van der Waals surface area contributed by atoms with Crippen molar-refractivity contribution in [1.82, 2.24) is 15.0 Å². The Morgan fingerprint density at radius 1 is 0.212 bits per heavy atom. The monoisotopic (exact) mass is 1050 g/mol. The first-order valence-electron chi connectivity index (χ1n) is 28.6. The lowest BCUT2D eigenvalue weighted by molar-refractivity contribution is 0.590. The van der Waals surface area contributed by atoms with Crippen molar-refractivity contribution in [2.45, 2.75) is 131 Å². The molecule has 0 saturated carbocycles. The fourth-order valence-electron chi connectivity index (χ4n) is 11.0. The maximum Gasteiger partial charge on any atom is 0.0900 e. The van der Waals surface area contributed by atoms with Gasteiger partial charge >= 0.3 is 0 Å². The van der Waals surface area contributed by atoms with E-state index in [0.717, 1.165) is 50.6 Å². The standard InChI is InChI=1S/C77H79N3/c1-73(2,3)58-36-26-52(27-37-58)68-67(51-24-22-50(23-25-51)57-48-65(63-20-16-18-46-78-63)80-66(49-57)64-21-17-19-47-79-64)69(53-28-38-59(39-29-53)74(4,5)6)71(55-32-42-61(43-33-55)76(10,11)12)72(56-34-44-62(45-35-56)77(13,14)15)70(68)54-30-40-60(41-31-54)75(7,8)9/h16-49H,1-15H3. The van der Waals surface area contributed by atoms with Crippen molar-refractivity contribution in [3.63, 3.8) is 0 Å². The summed E-state index contributed by atoms with van der Waals surface area (Å²) >= 11 is 0. The molecular formula is C77H79N3. The van der Waals surface area contributed by atoms with Crippen LogP contribution in [-0.2, 0) is 27.1 Å². The van der Waals surface area contributed by atoms with Gasteiger partial charge < -0.3 is 0 Å². The Bertz CT molecular complexity index is 3580. The summed E-state index contributed by atoms with van der Waals surface area (Å²) in [5, 5.41) is 0. The number of benzene rings is 7. The minimum Gasteiger partial charge on any atom is -0.255 e. The van der Waals surface area contributed by atoms with Crippen LogP contribution in [-0.4, -0.2) is 15.0 Å². The van der Waals surface area contributed by atoms with Gasteiger partial charge in [-0.15, -0.1) is 0 Å². The second-order valence-electron chi connectivity index (χ2n) is 27.0. The number of pyridine rings is 3. The summed E-state index contributed by atoms with van der Waals surface area (Å²) in [6.45, 7) is 34.5. The minimum absolute atomic E-state index is 0.0258. The van der Waals surface area contributed by atoms with E-state index >= 15 is 0 Å². The zero-order valence-corrected chi connectivity index (χ0v) is 50.0. The number of rotatable bonds is 9. The van der Waals surface area contributed by atoms with Gasteiger partial charge in [0.05, 0.1) is 22.8 Å². The van der Waals surface area contributed by atoms with Crippen LogP contribution in [0.15, 0.2) is 207 Å². The Labute approximate surface area is 478 Å². The molecule has 0 N–H and O–H groups in total. The normalized spacial score (nSPS) is 12.4. The molecule has 0 aliphatic carbocycles. The van der Waals surface area contributed by atoms with Gasteiger partial charge in [0.25, 0.3) is 0 Å². The first kappa shape index (κ1) is 55.3. The summed E-state index contributed by atoms with van der Waals surface area (Å²) in [6.07, 6.45) is 3.65. The third kappa shape index (κ3) is 11.5. The van der Waals surface area contributed by atoms with E-state index in [9.17, 15) is 0 Å². The van der Waals surface area contributed by atoms with Gasteiger partial charge in [-0.2, -0.15) is 0 Å². The molecule has 10 rings (SSSR count). The lowest BCUT2D eigenvalue weighted by atomic mass is 9.73. The highest BCUT2D eigenvalue weighted by Crippen LogP contribution is 2.57. The van der Waals surface area contributed by atoms with Crippen LogP contribution in [0.25, 0.3) is 101 Å². The fourth-order valence-corrected chi connectivity index (χ4v) is 11.0. The third-order valence-corrected chi connectivity index (χ3v) is 15.9. The van der Waals surface area contributed by atoms with Crippen LogP contribution in [0.5, 0.6) is 0 Å². The van der Waals surface area contributed by atoms with Crippen molar-refractivity contribution < 1.29 is 0 Å². The highest BCUT2D eigenvalue weighted by atomic mass is 14.8. The number of hydrogen-bond acceptors (Lipinski definition) is 3. The van der Waals surface area contributed by atoms with E-state index in [1.165, 1.54) is 77.9 Å². The Hall–Kier alpha value is -8.01. The molecule has 3 heteroatoms. The Morgan fingerprint density at radius 2 is 0.425 bits per heavy atom. The predicted octanol–water partition coefficient (Wildman–Crippen LogP) is 21.4. The van der Waals surface area contributed by atoms with E-state index in [4.69, 9.17) is 15.0 Å². The van der Waals surface area contributed by atoms with Gasteiger partial charge in [0.15, 0.2) is 0 Å². The Morgan fingerprint density at radius 3 is 0.625 bits per heavy atom. The van der Waals surface area contributed by atoms with Gasteiger partial charge in [0.2, 0.25) is 0 Å². The molecule has 0 fully saturated rings. The van der Waals surface area contributed by atoms with Crippen molar-refractivity contribution >= 4 is 0 Å². The summed E-state index contributed by atoms with van der Waals surface area (Å²) in [4.78, 5) is 14.6. The van der Waals surface area contributed by atoms with Gasteiger partial charge in [-0.1, -0.05) is 262 Å². The zero-order chi connectivity index (χ0) is 56.9.